The highest BCUT2D eigenvalue weighted by Gasteiger charge is 2.35. The van der Waals surface area contributed by atoms with E-state index in [0.29, 0.717) is 6.04 Å². The van der Waals surface area contributed by atoms with Crippen LogP contribution in [0.4, 0.5) is 0 Å². The molecule has 94 valence electrons. The molecule has 0 spiro atoms. The molecule has 1 aliphatic carbocycles. The van der Waals surface area contributed by atoms with E-state index in [1.54, 1.807) is 0 Å². The molecule has 1 aromatic rings. The average molecular weight is 235 g/mol. The maximum Gasteiger partial charge on any atom is 0.233 e. The summed E-state index contributed by atoms with van der Waals surface area (Å²) >= 11 is 0. The van der Waals surface area contributed by atoms with E-state index in [9.17, 15) is 0 Å². The van der Waals surface area contributed by atoms with E-state index in [1.807, 2.05) is 0 Å². The normalized spacial score (nSPS) is 28.4. The summed E-state index contributed by atoms with van der Waals surface area (Å²) in [5, 5.41) is 11.9. The van der Waals surface area contributed by atoms with Crippen LogP contribution in [0.3, 0.4) is 0 Å². The van der Waals surface area contributed by atoms with Gasteiger partial charge in [0.1, 0.15) is 0 Å². The van der Waals surface area contributed by atoms with Gasteiger partial charge in [-0.2, -0.15) is 0 Å². The third-order valence-corrected chi connectivity index (χ3v) is 4.27. The van der Waals surface area contributed by atoms with Crippen molar-refractivity contribution in [3.05, 3.63) is 11.8 Å². The van der Waals surface area contributed by atoms with Gasteiger partial charge in [0, 0.05) is 5.41 Å². The van der Waals surface area contributed by atoms with Crippen LogP contribution in [0.25, 0.3) is 0 Å². The van der Waals surface area contributed by atoms with E-state index in [0.717, 1.165) is 24.7 Å². The van der Waals surface area contributed by atoms with Crippen LogP contribution >= 0.6 is 0 Å². The van der Waals surface area contributed by atoms with Crippen LogP contribution in [0.5, 0.6) is 0 Å². The molecule has 1 unspecified atom stereocenters. The van der Waals surface area contributed by atoms with Crippen molar-refractivity contribution in [2.75, 3.05) is 6.54 Å². The summed E-state index contributed by atoms with van der Waals surface area (Å²) in [7, 11) is 0. The Morgan fingerprint density at radius 3 is 2.71 bits per heavy atom. The summed E-state index contributed by atoms with van der Waals surface area (Å²) in [5.74, 6) is 1.66. The van der Waals surface area contributed by atoms with Crippen molar-refractivity contribution in [2.45, 2.75) is 63.3 Å². The van der Waals surface area contributed by atoms with Crippen LogP contribution in [0.1, 0.15) is 69.7 Å². The molecule has 3 rings (SSSR count). The third kappa shape index (κ3) is 2.10. The van der Waals surface area contributed by atoms with E-state index >= 15 is 0 Å². The zero-order valence-corrected chi connectivity index (χ0v) is 10.5. The van der Waals surface area contributed by atoms with E-state index < -0.39 is 0 Å². The molecule has 2 heterocycles. The second-order valence-corrected chi connectivity index (χ2v) is 5.72. The monoisotopic (exact) mass is 235 g/mol. The SMILES string of the molecule is CC1(c2nnc(C3CCCN3)o2)CCCCC1. The zero-order chi connectivity index (χ0) is 11.7. The molecule has 1 saturated carbocycles. The Kier molecular flexibility index (Phi) is 2.90. The fourth-order valence-electron chi connectivity index (χ4n) is 3.06. The van der Waals surface area contributed by atoms with Gasteiger partial charge in [-0.25, -0.2) is 0 Å². The van der Waals surface area contributed by atoms with Gasteiger partial charge in [-0.15, -0.1) is 10.2 Å². The van der Waals surface area contributed by atoms with Crippen LogP contribution in [-0.2, 0) is 5.41 Å². The number of hydrogen-bond acceptors (Lipinski definition) is 4. The lowest BCUT2D eigenvalue weighted by atomic mass is 9.76. The van der Waals surface area contributed by atoms with Gasteiger partial charge < -0.3 is 9.73 Å². The fraction of sp³-hybridized carbons (Fsp3) is 0.846. The van der Waals surface area contributed by atoms with Crippen molar-refractivity contribution in [2.24, 2.45) is 0 Å². The molecule has 1 saturated heterocycles. The average Bonchev–Trinajstić information content (AvgIpc) is 3.01. The number of nitrogens with zero attached hydrogens (tertiary/aromatic N) is 2. The largest absolute Gasteiger partial charge is 0.423 e. The molecular formula is C13H21N3O. The van der Waals surface area contributed by atoms with Crippen LogP contribution in [-0.4, -0.2) is 16.7 Å². The lowest BCUT2D eigenvalue weighted by Gasteiger charge is -2.29. The predicted octanol–water partition coefficient (Wildman–Crippen LogP) is 2.72. The molecule has 1 N–H and O–H groups in total. The van der Waals surface area contributed by atoms with Crippen LogP contribution in [0.2, 0.25) is 0 Å². The van der Waals surface area contributed by atoms with Crippen molar-refractivity contribution in [1.82, 2.24) is 15.5 Å². The summed E-state index contributed by atoms with van der Waals surface area (Å²) < 4.78 is 5.93. The van der Waals surface area contributed by atoms with Crippen LogP contribution in [0.15, 0.2) is 4.42 Å². The zero-order valence-electron chi connectivity index (χ0n) is 10.5. The van der Waals surface area contributed by atoms with Gasteiger partial charge in [0.05, 0.1) is 6.04 Å². The Bertz CT molecular complexity index is 376. The lowest BCUT2D eigenvalue weighted by molar-refractivity contribution is 0.247. The van der Waals surface area contributed by atoms with Crippen LogP contribution in [0, 0.1) is 0 Å². The minimum absolute atomic E-state index is 0.127. The van der Waals surface area contributed by atoms with Crippen molar-refractivity contribution >= 4 is 0 Å². The molecule has 2 aliphatic rings. The van der Waals surface area contributed by atoms with Gasteiger partial charge in [-0.1, -0.05) is 26.2 Å². The van der Waals surface area contributed by atoms with Gasteiger partial charge in [-0.05, 0) is 32.2 Å². The standard InChI is InChI=1S/C13H21N3O/c1-13(7-3-2-4-8-13)12-16-15-11(17-12)10-6-5-9-14-10/h10,14H,2-9H2,1H3. The van der Waals surface area contributed by atoms with Crippen molar-refractivity contribution in [3.63, 3.8) is 0 Å². The second kappa shape index (κ2) is 4.41. The highest BCUT2D eigenvalue weighted by molar-refractivity contribution is 5.04. The molecule has 2 fully saturated rings. The quantitative estimate of drug-likeness (QED) is 0.856. The highest BCUT2D eigenvalue weighted by Crippen LogP contribution is 2.38. The first-order valence-corrected chi connectivity index (χ1v) is 6.85. The molecule has 1 aliphatic heterocycles. The Balaban J connectivity index is 1.78. The second-order valence-electron chi connectivity index (χ2n) is 5.72. The maximum absolute atomic E-state index is 5.93. The Hall–Kier alpha value is -0.900. The van der Waals surface area contributed by atoms with Gasteiger partial charge in [0.2, 0.25) is 11.8 Å². The Labute approximate surface area is 102 Å². The van der Waals surface area contributed by atoms with Crippen molar-refractivity contribution in [3.8, 4) is 0 Å². The van der Waals surface area contributed by atoms with E-state index in [1.165, 1.54) is 38.5 Å². The smallest absolute Gasteiger partial charge is 0.233 e. The van der Waals surface area contributed by atoms with Gasteiger partial charge >= 0.3 is 0 Å². The number of nitrogens with one attached hydrogen (secondary N) is 1. The Morgan fingerprint density at radius 2 is 2.00 bits per heavy atom. The minimum atomic E-state index is 0.127. The predicted molar refractivity (Wildman–Crippen MR) is 64.7 cm³/mol. The fourth-order valence-corrected chi connectivity index (χ4v) is 3.06. The highest BCUT2D eigenvalue weighted by atomic mass is 16.4. The summed E-state index contributed by atoms with van der Waals surface area (Å²) in [4.78, 5) is 0. The molecule has 1 atom stereocenters. The molecule has 1 aromatic heterocycles. The first-order valence-electron chi connectivity index (χ1n) is 6.85. The summed E-state index contributed by atoms with van der Waals surface area (Å²) in [6.45, 7) is 3.34. The minimum Gasteiger partial charge on any atom is -0.423 e. The maximum atomic E-state index is 5.93. The molecule has 0 aromatic carbocycles. The van der Waals surface area contributed by atoms with E-state index in [-0.39, 0.29) is 5.41 Å². The molecular weight excluding hydrogens is 214 g/mol. The van der Waals surface area contributed by atoms with Gasteiger partial charge in [0.25, 0.3) is 0 Å². The topological polar surface area (TPSA) is 51.0 Å². The molecule has 0 bridgehead atoms. The third-order valence-electron chi connectivity index (χ3n) is 4.27. The molecule has 4 nitrogen and oxygen atoms in total. The summed E-state index contributed by atoms with van der Waals surface area (Å²) in [6, 6.07) is 0.295. The molecule has 0 radical (unpaired) electrons. The first kappa shape index (κ1) is 11.2. The number of rotatable bonds is 2. The number of hydrogen-bond donors (Lipinski definition) is 1. The van der Waals surface area contributed by atoms with E-state index in [2.05, 4.69) is 22.4 Å². The van der Waals surface area contributed by atoms with E-state index in [4.69, 9.17) is 4.42 Å². The Morgan fingerprint density at radius 1 is 1.18 bits per heavy atom. The lowest BCUT2D eigenvalue weighted by Crippen LogP contribution is -2.25. The molecule has 0 amide bonds. The summed E-state index contributed by atoms with van der Waals surface area (Å²) in [5.41, 5.74) is 0.127. The van der Waals surface area contributed by atoms with Crippen molar-refractivity contribution < 1.29 is 4.42 Å². The van der Waals surface area contributed by atoms with Crippen molar-refractivity contribution in [1.29, 1.82) is 0 Å². The number of aromatic nitrogens is 2. The molecule has 4 heteroatoms. The molecule has 17 heavy (non-hydrogen) atoms. The van der Waals surface area contributed by atoms with Gasteiger partial charge in [-0.3, -0.25) is 0 Å². The van der Waals surface area contributed by atoms with Gasteiger partial charge in [0.15, 0.2) is 0 Å². The summed E-state index contributed by atoms with van der Waals surface area (Å²) in [6.07, 6.45) is 8.63. The first-order chi connectivity index (χ1) is 8.28. The van der Waals surface area contributed by atoms with Crippen LogP contribution < -0.4 is 5.32 Å².